The van der Waals surface area contributed by atoms with Gasteiger partial charge in [0.25, 0.3) is 0 Å². The van der Waals surface area contributed by atoms with Gasteiger partial charge in [0.2, 0.25) is 0 Å². The van der Waals surface area contributed by atoms with E-state index in [-0.39, 0.29) is 6.10 Å². The number of hydrogen-bond donors (Lipinski definition) is 1. The quantitative estimate of drug-likeness (QED) is 0.864. The topological polar surface area (TPSA) is 26.7 Å². The lowest BCUT2D eigenvalue weighted by molar-refractivity contribution is 0.131. The van der Waals surface area contributed by atoms with Gasteiger partial charge in [-0.1, -0.05) is 29.8 Å². The van der Waals surface area contributed by atoms with Gasteiger partial charge in [-0.2, -0.15) is 0 Å². The molecule has 1 aliphatic rings. The molecule has 3 heteroatoms. The Morgan fingerprint density at radius 1 is 1.30 bits per heavy atom. The lowest BCUT2D eigenvalue weighted by Crippen LogP contribution is -2.38. The average molecular weight is 276 g/mol. The summed E-state index contributed by atoms with van der Waals surface area (Å²) in [6.45, 7) is 5.37. The van der Waals surface area contributed by atoms with E-state index in [4.69, 9.17) is 0 Å². The molecule has 1 saturated heterocycles. The predicted molar refractivity (Wildman–Crippen MR) is 83.9 cm³/mol. The summed E-state index contributed by atoms with van der Waals surface area (Å²) in [6, 6.07) is 8.89. The van der Waals surface area contributed by atoms with Gasteiger partial charge in [-0.05, 0) is 52.4 Å². The monoisotopic (exact) mass is 276 g/mol. The molecule has 2 unspecified atom stereocenters. The summed E-state index contributed by atoms with van der Waals surface area (Å²) in [6.07, 6.45) is 3.07. The number of hydrogen-bond acceptors (Lipinski definition) is 3. The van der Waals surface area contributed by atoms with Crippen molar-refractivity contribution < 1.29 is 5.11 Å². The molecule has 1 aromatic rings. The molecule has 1 aromatic carbocycles. The van der Waals surface area contributed by atoms with E-state index in [1.54, 1.807) is 0 Å². The summed E-state index contributed by atoms with van der Waals surface area (Å²) in [5.74, 6) is 0. The largest absolute Gasteiger partial charge is 0.388 e. The van der Waals surface area contributed by atoms with E-state index in [9.17, 15) is 5.11 Å². The minimum atomic E-state index is -0.337. The van der Waals surface area contributed by atoms with Crippen LogP contribution in [0.15, 0.2) is 24.3 Å². The molecule has 0 bridgehead atoms. The standard InChI is InChI=1S/C17H28N2O/c1-14-6-8-15(9-7-14)17(20)10-12-19-11-4-5-16(19)13-18(2)3/h6-9,16-17,20H,4-5,10-13H2,1-3H3. The van der Waals surface area contributed by atoms with E-state index in [2.05, 4.69) is 43.0 Å². The van der Waals surface area contributed by atoms with E-state index in [0.717, 1.165) is 25.1 Å². The lowest BCUT2D eigenvalue weighted by atomic mass is 10.0. The third-order valence-electron chi connectivity index (χ3n) is 4.23. The smallest absolute Gasteiger partial charge is 0.0802 e. The second kappa shape index (κ2) is 7.21. The van der Waals surface area contributed by atoms with E-state index in [0.29, 0.717) is 6.04 Å². The molecule has 0 aliphatic carbocycles. The van der Waals surface area contributed by atoms with Crippen molar-refractivity contribution in [2.45, 2.75) is 38.3 Å². The fourth-order valence-electron chi connectivity index (χ4n) is 3.06. The summed E-state index contributed by atoms with van der Waals surface area (Å²) in [5.41, 5.74) is 2.28. The normalized spacial score (nSPS) is 21.6. The van der Waals surface area contributed by atoms with Crippen molar-refractivity contribution in [1.29, 1.82) is 0 Å². The zero-order valence-electron chi connectivity index (χ0n) is 13.0. The molecule has 1 heterocycles. The van der Waals surface area contributed by atoms with Gasteiger partial charge in [-0.15, -0.1) is 0 Å². The molecule has 0 radical (unpaired) electrons. The molecule has 1 fully saturated rings. The minimum absolute atomic E-state index is 0.337. The van der Waals surface area contributed by atoms with Gasteiger partial charge in [-0.3, -0.25) is 4.90 Å². The van der Waals surface area contributed by atoms with Gasteiger partial charge >= 0.3 is 0 Å². The van der Waals surface area contributed by atoms with Crippen LogP contribution in [-0.2, 0) is 0 Å². The van der Waals surface area contributed by atoms with Crippen molar-refractivity contribution in [3.8, 4) is 0 Å². The Hall–Kier alpha value is -0.900. The Balaban J connectivity index is 1.83. The highest BCUT2D eigenvalue weighted by Gasteiger charge is 2.25. The number of aliphatic hydroxyl groups is 1. The first-order chi connectivity index (χ1) is 9.56. The Kier molecular flexibility index (Phi) is 5.58. The number of benzene rings is 1. The number of nitrogens with zero attached hydrogens (tertiary/aromatic N) is 2. The minimum Gasteiger partial charge on any atom is -0.388 e. The highest BCUT2D eigenvalue weighted by atomic mass is 16.3. The molecule has 2 atom stereocenters. The second-order valence-electron chi connectivity index (χ2n) is 6.31. The highest BCUT2D eigenvalue weighted by molar-refractivity contribution is 5.23. The lowest BCUT2D eigenvalue weighted by Gasteiger charge is -2.27. The fraction of sp³-hybridized carbons (Fsp3) is 0.647. The Labute approximate surface area is 123 Å². The second-order valence-corrected chi connectivity index (χ2v) is 6.31. The van der Waals surface area contributed by atoms with E-state index in [1.165, 1.54) is 24.9 Å². The number of aryl methyl sites for hydroxylation is 1. The van der Waals surface area contributed by atoms with Crippen LogP contribution in [0.2, 0.25) is 0 Å². The summed E-state index contributed by atoms with van der Waals surface area (Å²) in [4.78, 5) is 4.80. The van der Waals surface area contributed by atoms with Crippen LogP contribution in [-0.4, -0.2) is 54.7 Å². The molecule has 2 rings (SSSR count). The molecule has 112 valence electrons. The van der Waals surface area contributed by atoms with Crippen molar-refractivity contribution in [3.63, 3.8) is 0 Å². The molecule has 0 amide bonds. The molecule has 20 heavy (non-hydrogen) atoms. The van der Waals surface area contributed by atoms with Crippen molar-refractivity contribution in [3.05, 3.63) is 35.4 Å². The third kappa shape index (κ3) is 4.30. The number of aliphatic hydroxyl groups excluding tert-OH is 1. The van der Waals surface area contributed by atoms with Crippen molar-refractivity contribution in [2.75, 3.05) is 33.7 Å². The van der Waals surface area contributed by atoms with Crippen molar-refractivity contribution in [2.24, 2.45) is 0 Å². The molecule has 0 spiro atoms. The van der Waals surface area contributed by atoms with Crippen LogP contribution in [0, 0.1) is 6.92 Å². The van der Waals surface area contributed by atoms with Crippen LogP contribution in [0.25, 0.3) is 0 Å². The van der Waals surface area contributed by atoms with Crippen LogP contribution in [0.1, 0.15) is 36.5 Å². The summed E-state index contributed by atoms with van der Waals surface area (Å²) in [7, 11) is 4.27. The molecular weight excluding hydrogens is 248 g/mol. The zero-order chi connectivity index (χ0) is 14.5. The SMILES string of the molecule is Cc1ccc(C(O)CCN2CCCC2CN(C)C)cc1. The van der Waals surface area contributed by atoms with E-state index >= 15 is 0 Å². The first-order valence-corrected chi connectivity index (χ1v) is 7.69. The Morgan fingerprint density at radius 3 is 2.65 bits per heavy atom. The number of rotatable bonds is 6. The van der Waals surface area contributed by atoms with Crippen molar-refractivity contribution in [1.82, 2.24) is 9.80 Å². The van der Waals surface area contributed by atoms with Crippen LogP contribution in [0.4, 0.5) is 0 Å². The number of likely N-dealkylation sites (tertiary alicyclic amines) is 1. The maximum Gasteiger partial charge on any atom is 0.0802 e. The first kappa shape index (κ1) is 15.5. The molecule has 0 aromatic heterocycles. The summed E-state index contributed by atoms with van der Waals surface area (Å²) < 4.78 is 0. The maximum absolute atomic E-state index is 10.3. The fourth-order valence-corrected chi connectivity index (χ4v) is 3.06. The van der Waals surface area contributed by atoms with Gasteiger partial charge in [0.05, 0.1) is 6.10 Å². The van der Waals surface area contributed by atoms with Crippen LogP contribution in [0.3, 0.4) is 0 Å². The Morgan fingerprint density at radius 2 is 2.00 bits per heavy atom. The number of likely N-dealkylation sites (N-methyl/N-ethyl adjacent to an activating group) is 1. The van der Waals surface area contributed by atoms with Crippen LogP contribution in [0.5, 0.6) is 0 Å². The summed E-state index contributed by atoms with van der Waals surface area (Å²) in [5, 5.41) is 10.3. The average Bonchev–Trinajstić information content (AvgIpc) is 2.83. The van der Waals surface area contributed by atoms with Crippen LogP contribution < -0.4 is 0 Å². The molecule has 0 saturated carbocycles. The van der Waals surface area contributed by atoms with Crippen molar-refractivity contribution >= 4 is 0 Å². The molecule has 1 aliphatic heterocycles. The first-order valence-electron chi connectivity index (χ1n) is 7.69. The Bertz CT molecular complexity index is 402. The van der Waals surface area contributed by atoms with Gasteiger partial charge in [0.15, 0.2) is 0 Å². The molecular formula is C17H28N2O. The predicted octanol–water partition coefficient (Wildman–Crippen LogP) is 2.44. The van der Waals surface area contributed by atoms with Gasteiger partial charge in [0, 0.05) is 19.1 Å². The molecule has 3 nitrogen and oxygen atoms in total. The highest BCUT2D eigenvalue weighted by Crippen LogP contribution is 2.22. The zero-order valence-corrected chi connectivity index (χ0v) is 13.0. The summed E-state index contributed by atoms with van der Waals surface area (Å²) >= 11 is 0. The van der Waals surface area contributed by atoms with E-state index < -0.39 is 0 Å². The van der Waals surface area contributed by atoms with Gasteiger partial charge in [-0.25, -0.2) is 0 Å². The maximum atomic E-state index is 10.3. The van der Waals surface area contributed by atoms with Crippen LogP contribution >= 0.6 is 0 Å². The van der Waals surface area contributed by atoms with Gasteiger partial charge in [0.1, 0.15) is 0 Å². The third-order valence-corrected chi connectivity index (χ3v) is 4.23. The molecule has 1 N–H and O–H groups in total. The van der Waals surface area contributed by atoms with Gasteiger partial charge < -0.3 is 10.0 Å². The van der Waals surface area contributed by atoms with E-state index in [1.807, 2.05) is 12.1 Å².